The molecule has 0 saturated heterocycles. The van der Waals surface area contributed by atoms with Crippen molar-refractivity contribution < 1.29 is 4.79 Å². The van der Waals surface area contributed by atoms with Crippen LogP contribution in [0.15, 0.2) is 64.4 Å². The number of hydrogen-bond donors (Lipinski definition) is 2. The van der Waals surface area contributed by atoms with Gasteiger partial charge in [0, 0.05) is 16.3 Å². The van der Waals surface area contributed by atoms with Crippen molar-refractivity contribution in [2.24, 2.45) is 5.92 Å². The van der Waals surface area contributed by atoms with E-state index in [-0.39, 0.29) is 6.03 Å². The minimum Gasteiger partial charge on any atom is -0.338 e. The molecule has 2 amide bonds. The number of para-hydroxylation sites is 1. The number of anilines is 1. The lowest BCUT2D eigenvalue weighted by Crippen LogP contribution is -2.30. The molecule has 1 saturated carbocycles. The molecule has 2 aromatic carbocycles. The maximum Gasteiger partial charge on any atom is 0.319 e. The maximum absolute atomic E-state index is 12.2. The van der Waals surface area contributed by atoms with Crippen molar-refractivity contribution >= 4 is 23.5 Å². The summed E-state index contributed by atoms with van der Waals surface area (Å²) in [7, 11) is 0. The fraction of sp³-hybridized carbons (Fsp3) is 0.381. The van der Waals surface area contributed by atoms with E-state index < -0.39 is 0 Å². The molecule has 0 spiro atoms. The van der Waals surface area contributed by atoms with Crippen LogP contribution < -0.4 is 10.6 Å². The number of amides is 2. The topological polar surface area (TPSA) is 41.1 Å². The molecule has 1 fully saturated rings. The number of carbonyl (C=O) groups excluding carboxylic acids is 1. The monoisotopic (exact) mass is 354 g/mol. The van der Waals surface area contributed by atoms with Gasteiger partial charge in [0.2, 0.25) is 0 Å². The van der Waals surface area contributed by atoms with Crippen molar-refractivity contribution in [1.29, 1.82) is 0 Å². The van der Waals surface area contributed by atoms with E-state index in [9.17, 15) is 4.79 Å². The first kappa shape index (κ1) is 17.9. The van der Waals surface area contributed by atoms with E-state index in [1.54, 1.807) is 11.8 Å². The second-order valence-electron chi connectivity index (χ2n) is 6.58. The number of benzene rings is 2. The lowest BCUT2D eigenvalue weighted by molar-refractivity contribution is 0.250. The van der Waals surface area contributed by atoms with Crippen molar-refractivity contribution in [3.8, 4) is 0 Å². The number of carbonyl (C=O) groups is 1. The second kappa shape index (κ2) is 9.52. The summed E-state index contributed by atoms with van der Waals surface area (Å²) in [5.41, 5.74) is 0.853. The van der Waals surface area contributed by atoms with Crippen LogP contribution in [0.2, 0.25) is 0 Å². The van der Waals surface area contributed by atoms with Crippen LogP contribution in [-0.4, -0.2) is 12.6 Å². The van der Waals surface area contributed by atoms with E-state index in [1.165, 1.54) is 32.1 Å². The molecule has 2 aromatic rings. The van der Waals surface area contributed by atoms with E-state index in [2.05, 4.69) is 22.8 Å². The van der Waals surface area contributed by atoms with Gasteiger partial charge >= 0.3 is 6.03 Å². The van der Waals surface area contributed by atoms with Crippen molar-refractivity contribution in [1.82, 2.24) is 5.32 Å². The van der Waals surface area contributed by atoms with Crippen LogP contribution >= 0.6 is 11.8 Å². The molecule has 0 unspecified atom stereocenters. The van der Waals surface area contributed by atoms with Gasteiger partial charge in [-0.1, -0.05) is 74.2 Å². The molecule has 0 radical (unpaired) electrons. The van der Waals surface area contributed by atoms with Crippen LogP contribution in [-0.2, 0) is 0 Å². The number of rotatable bonds is 6. The number of urea groups is 1. The average molecular weight is 355 g/mol. The van der Waals surface area contributed by atoms with Gasteiger partial charge in [0.25, 0.3) is 0 Å². The van der Waals surface area contributed by atoms with Crippen LogP contribution in [0.5, 0.6) is 0 Å². The molecule has 2 N–H and O–H groups in total. The van der Waals surface area contributed by atoms with Gasteiger partial charge in [0.05, 0.1) is 5.69 Å². The fourth-order valence-electron chi connectivity index (χ4n) is 3.31. The predicted octanol–water partition coefficient (Wildman–Crippen LogP) is 5.93. The predicted molar refractivity (Wildman–Crippen MR) is 105 cm³/mol. The van der Waals surface area contributed by atoms with Gasteiger partial charge in [0.1, 0.15) is 0 Å². The summed E-state index contributed by atoms with van der Waals surface area (Å²) < 4.78 is 0. The van der Waals surface area contributed by atoms with Crippen LogP contribution in [0.3, 0.4) is 0 Å². The lowest BCUT2D eigenvalue weighted by Gasteiger charge is -2.21. The standard InChI is InChI=1S/C21H26N2OS/c24-21(22-16-15-17-9-3-1-4-10-17)23-19-13-7-8-14-20(19)25-18-11-5-2-6-12-18/h2,5-8,11-14,17H,1,3-4,9-10,15-16H2,(H2,22,23,24). The zero-order valence-corrected chi connectivity index (χ0v) is 15.4. The van der Waals surface area contributed by atoms with Gasteiger partial charge in [-0.25, -0.2) is 4.79 Å². The normalized spacial score (nSPS) is 14.9. The van der Waals surface area contributed by atoms with E-state index in [0.717, 1.165) is 34.4 Å². The van der Waals surface area contributed by atoms with Gasteiger partial charge in [-0.3, -0.25) is 0 Å². The third-order valence-electron chi connectivity index (χ3n) is 4.67. The Bertz CT molecular complexity index is 669. The Morgan fingerprint density at radius 2 is 1.68 bits per heavy atom. The minimum atomic E-state index is -0.114. The molecule has 0 aromatic heterocycles. The molecule has 3 nitrogen and oxygen atoms in total. The molecule has 0 aliphatic heterocycles. The molecule has 25 heavy (non-hydrogen) atoms. The SMILES string of the molecule is O=C(NCCC1CCCCC1)Nc1ccccc1Sc1ccccc1. The zero-order chi connectivity index (χ0) is 17.3. The molecular formula is C21H26N2OS. The third-order valence-corrected chi connectivity index (χ3v) is 5.75. The second-order valence-corrected chi connectivity index (χ2v) is 7.70. The van der Waals surface area contributed by atoms with Gasteiger partial charge in [-0.05, 0) is 36.6 Å². The zero-order valence-electron chi connectivity index (χ0n) is 14.5. The summed E-state index contributed by atoms with van der Waals surface area (Å²) in [5, 5.41) is 6.01. The minimum absolute atomic E-state index is 0.114. The number of nitrogens with one attached hydrogen (secondary N) is 2. The first-order valence-electron chi connectivity index (χ1n) is 9.18. The molecule has 3 rings (SSSR count). The summed E-state index contributed by atoms with van der Waals surface area (Å²) in [6.07, 6.45) is 7.80. The van der Waals surface area contributed by atoms with E-state index >= 15 is 0 Å². The molecule has 0 bridgehead atoms. The Balaban J connectivity index is 1.50. The summed E-state index contributed by atoms with van der Waals surface area (Å²) in [5.74, 6) is 0.787. The third kappa shape index (κ3) is 5.82. The van der Waals surface area contributed by atoms with Crippen LogP contribution in [0.1, 0.15) is 38.5 Å². The molecule has 4 heteroatoms. The van der Waals surface area contributed by atoms with E-state index in [0.29, 0.717) is 0 Å². The first-order valence-corrected chi connectivity index (χ1v) is 10.00. The fourth-order valence-corrected chi connectivity index (χ4v) is 4.23. The number of hydrogen-bond acceptors (Lipinski definition) is 2. The Hall–Kier alpha value is -1.94. The Morgan fingerprint density at radius 3 is 2.48 bits per heavy atom. The highest BCUT2D eigenvalue weighted by molar-refractivity contribution is 7.99. The van der Waals surface area contributed by atoms with E-state index in [4.69, 9.17) is 0 Å². The van der Waals surface area contributed by atoms with E-state index in [1.807, 2.05) is 42.5 Å². The molecule has 1 aliphatic carbocycles. The molecule has 0 atom stereocenters. The Kier molecular flexibility index (Phi) is 6.80. The molecule has 1 aliphatic rings. The van der Waals surface area contributed by atoms with Crippen molar-refractivity contribution in [2.75, 3.05) is 11.9 Å². The van der Waals surface area contributed by atoms with Crippen molar-refractivity contribution in [3.05, 3.63) is 54.6 Å². The van der Waals surface area contributed by atoms with Crippen LogP contribution in [0.25, 0.3) is 0 Å². The van der Waals surface area contributed by atoms with Crippen LogP contribution in [0.4, 0.5) is 10.5 Å². The highest BCUT2D eigenvalue weighted by Gasteiger charge is 2.13. The highest BCUT2D eigenvalue weighted by atomic mass is 32.2. The van der Waals surface area contributed by atoms with Crippen molar-refractivity contribution in [3.63, 3.8) is 0 Å². The maximum atomic E-state index is 12.2. The Morgan fingerprint density at radius 1 is 0.960 bits per heavy atom. The summed E-state index contributed by atoms with van der Waals surface area (Å²) >= 11 is 1.66. The highest BCUT2D eigenvalue weighted by Crippen LogP contribution is 2.33. The first-order chi connectivity index (χ1) is 12.3. The smallest absolute Gasteiger partial charge is 0.319 e. The average Bonchev–Trinajstić information content (AvgIpc) is 2.65. The van der Waals surface area contributed by atoms with Crippen LogP contribution in [0, 0.1) is 5.92 Å². The Labute approximate surface area is 154 Å². The quantitative estimate of drug-likeness (QED) is 0.675. The van der Waals surface area contributed by atoms with Gasteiger partial charge in [-0.2, -0.15) is 0 Å². The molecule has 0 heterocycles. The molecule has 132 valence electrons. The summed E-state index contributed by atoms with van der Waals surface area (Å²) in [6, 6.07) is 18.0. The lowest BCUT2D eigenvalue weighted by atomic mass is 9.87. The van der Waals surface area contributed by atoms with Gasteiger partial charge < -0.3 is 10.6 Å². The van der Waals surface area contributed by atoms with Crippen molar-refractivity contribution in [2.45, 2.75) is 48.3 Å². The van der Waals surface area contributed by atoms with Gasteiger partial charge in [-0.15, -0.1) is 0 Å². The molecular weight excluding hydrogens is 328 g/mol. The van der Waals surface area contributed by atoms with Gasteiger partial charge in [0.15, 0.2) is 0 Å². The summed E-state index contributed by atoms with van der Waals surface area (Å²) in [6.45, 7) is 0.754. The summed E-state index contributed by atoms with van der Waals surface area (Å²) in [4.78, 5) is 14.4. The largest absolute Gasteiger partial charge is 0.338 e.